The third-order valence-corrected chi connectivity index (χ3v) is 5.11. The number of rotatable bonds is 2. The first-order valence-electron chi connectivity index (χ1n) is 7.62. The molecule has 2 rings (SSSR count). The van der Waals surface area contributed by atoms with E-state index in [0.29, 0.717) is 6.04 Å². The van der Waals surface area contributed by atoms with Crippen LogP contribution in [0.3, 0.4) is 0 Å². The second-order valence-electron chi connectivity index (χ2n) is 6.82. The van der Waals surface area contributed by atoms with E-state index in [2.05, 4.69) is 30.7 Å². The van der Waals surface area contributed by atoms with Crippen molar-refractivity contribution in [3.8, 4) is 0 Å². The van der Waals surface area contributed by atoms with Crippen molar-refractivity contribution in [2.75, 3.05) is 26.7 Å². The number of hydrogen-bond donors (Lipinski definition) is 1. The van der Waals surface area contributed by atoms with Crippen molar-refractivity contribution >= 4 is 0 Å². The summed E-state index contributed by atoms with van der Waals surface area (Å²) in [6.07, 6.45) is 8.09. The van der Waals surface area contributed by atoms with Crippen molar-refractivity contribution in [1.82, 2.24) is 9.80 Å². The molecule has 1 saturated carbocycles. The Hall–Kier alpha value is -0.120. The Balaban J connectivity index is 2.12. The Labute approximate surface area is 112 Å². The van der Waals surface area contributed by atoms with Crippen LogP contribution in [0.4, 0.5) is 0 Å². The van der Waals surface area contributed by atoms with Gasteiger partial charge in [-0.3, -0.25) is 9.80 Å². The minimum atomic E-state index is 0.278. The van der Waals surface area contributed by atoms with E-state index in [1.807, 2.05) is 0 Å². The number of aliphatic hydroxyl groups excluding tert-OH is 1. The highest BCUT2D eigenvalue weighted by molar-refractivity contribution is 4.94. The molecule has 0 aromatic rings. The summed E-state index contributed by atoms with van der Waals surface area (Å²) >= 11 is 0. The molecule has 2 aliphatic rings. The van der Waals surface area contributed by atoms with Crippen molar-refractivity contribution in [1.29, 1.82) is 0 Å². The zero-order valence-electron chi connectivity index (χ0n) is 12.4. The molecule has 3 nitrogen and oxygen atoms in total. The highest BCUT2D eigenvalue weighted by Crippen LogP contribution is 2.32. The lowest BCUT2D eigenvalue weighted by molar-refractivity contribution is 0.0368. The Morgan fingerprint density at radius 1 is 1.17 bits per heavy atom. The largest absolute Gasteiger partial charge is 0.395 e. The van der Waals surface area contributed by atoms with Gasteiger partial charge in [0.15, 0.2) is 0 Å². The Morgan fingerprint density at radius 3 is 2.44 bits per heavy atom. The van der Waals surface area contributed by atoms with Gasteiger partial charge in [-0.1, -0.05) is 19.3 Å². The fourth-order valence-corrected chi connectivity index (χ4v) is 3.62. The summed E-state index contributed by atoms with van der Waals surface area (Å²) in [5.41, 5.74) is 0.278. The molecular formula is C15H30N2O. The van der Waals surface area contributed by atoms with Crippen LogP contribution in [-0.4, -0.2) is 59.3 Å². The first-order chi connectivity index (χ1) is 8.54. The maximum atomic E-state index is 9.60. The number of likely N-dealkylation sites (N-methyl/N-ethyl adjacent to an activating group) is 1. The van der Waals surface area contributed by atoms with E-state index in [9.17, 15) is 5.11 Å². The molecule has 1 aliphatic heterocycles. The predicted octanol–water partition coefficient (Wildman–Crippen LogP) is 2.10. The molecule has 0 aromatic heterocycles. The van der Waals surface area contributed by atoms with Crippen molar-refractivity contribution in [3.63, 3.8) is 0 Å². The molecule has 0 radical (unpaired) electrons. The van der Waals surface area contributed by atoms with E-state index in [1.54, 1.807) is 0 Å². The molecule has 0 bridgehead atoms. The van der Waals surface area contributed by atoms with Gasteiger partial charge in [-0.25, -0.2) is 0 Å². The van der Waals surface area contributed by atoms with Crippen molar-refractivity contribution in [2.24, 2.45) is 0 Å². The van der Waals surface area contributed by atoms with E-state index in [4.69, 9.17) is 0 Å². The maximum absolute atomic E-state index is 9.60. The molecule has 18 heavy (non-hydrogen) atoms. The van der Waals surface area contributed by atoms with Gasteiger partial charge >= 0.3 is 0 Å². The average Bonchev–Trinajstić information content (AvgIpc) is 2.48. The predicted molar refractivity (Wildman–Crippen MR) is 75.8 cm³/mol. The molecule has 1 atom stereocenters. The van der Waals surface area contributed by atoms with Gasteiger partial charge in [-0.05, 0) is 40.2 Å². The van der Waals surface area contributed by atoms with E-state index in [-0.39, 0.29) is 12.1 Å². The normalized spacial score (nSPS) is 32.3. The van der Waals surface area contributed by atoms with Gasteiger partial charge in [0.25, 0.3) is 0 Å². The Bertz CT molecular complexity index is 261. The molecule has 2 fully saturated rings. The Kier molecular flexibility index (Phi) is 4.68. The number of nitrogens with zero attached hydrogens (tertiary/aromatic N) is 2. The van der Waals surface area contributed by atoms with E-state index < -0.39 is 0 Å². The van der Waals surface area contributed by atoms with Crippen molar-refractivity contribution < 1.29 is 5.11 Å². The Morgan fingerprint density at radius 2 is 1.83 bits per heavy atom. The fourth-order valence-electron chi connectivity index (χ4n) is 3.62. The minimum Gasteiger partial charge on any atom is -0.395 e. The van der Waals surface area contributed by atoms with Gasteiger partial charge in [-0.15, -0.1) is 0 Å². The summed E-state index contributed by atoms with van der Waals surface area (Å²) < 4.78 is 0. The van der Waals surface area contributed by atoms with E-state index in [1.165, 1.54) is 38.5 Å². The van der Waals surface area contributed by atoms with Crippen LogP contribution in [0.15, 0.2) is 0 Å². The van der Waals surface area contributed by atoms with Crippen LogP contribution >= 0.6 is 0 Å². The van der Waals surface area contributed by atoms with Crippen LogP contribution in [0.5, 0.6) is 0 Å². The molecular weight excluding hydrogens is 224 g/mol. The summed E-state index contributed by atoms with van der Waals surface area (Å²) in [4.78, 5) is 5.04. The first-order valence-corrected chi connectivity index (χ1v) is 7.62. The van der Waals surface area contributed by atoms with Crippen LogP contribution in [0.2, 0.25) is 0 Å². The second kappa shape index (κ2) is 5.89. The zero-order valence-corrected chi connectivity index (χ0v) is 12.4. The molecule has 1 heterocycles. The van der Waals surface area contributed by atoms with E-state index in [0.717, 1.165) is 19.1 Å². The molecule has 0 amide bonds. The van der Waals surface area contributed by atoms with E-state index >= 15 is 0 Å². The molecule has 1 unspecified atom stereocenters. The third kappa shape index (κ3) is 3.06. The number of hydrogen-bond acceptors (Lipinski definition) is 3. The molecule has 3 heteroatoms. The SMILES string of the molecule is CN1CCC(C)(C)N(C2CCCCC2)CC1CO. The summed E-state index contributed by atoms with van der Waals surface area (Å²) in [6.45, 7) is 7.19. The monoisotopic (exact) mass is 254 g/mol. The first kappa shape index (κ1) is 14.3. The second-order valence-corrected chi connectivity index (χ2v) is 6.82. The zero-order chi connectivity index (χ0) is 13.2. The topological polar surface area (TPSA) is 26.7 Å². The molecule has 1 aliphatic carbocycles. The minimum absolute atomic E-state index is 0.278. The summed E-state index contributed by atoms with van der Waals surface area (Å²) in [5, 5.41) is 9.60. The van der Waals surface area contributed by atoms with Gasteiger partial charge in [0.05, 0.1) is 6.61 Å². The average molecular weight is 254 g/mol. The van der Waals surface area contributed by atoms with Gasteiger partial charge in [0.2, 0.25) is 0 Å². The van der Waals surface area contributed by atoms with Crippen LogP contribution in [0, 0.1) is 0 Å². The van der Waals surface area contributed by atoms with Crippen LogP contribution in [-0.2, 0) is 0 Å². The van der Waals surface area contributed by atoms with Gasteiger partial charge in [0.1, 0.15) is 0 Å². The summed E-state index contributed by atoms with van der Waals surface area (Å²) in [5.74, 6) is 0. The van der Waals surface area contributed by atoms with Gasteiger partial charge in [-0.2, -0.15) is 0 Å². The smallest absolute Gasteiger partial charge is 0.0599 e. The highest BCUT2D eigenvalue weighted by Gasteiger charge is 2.37. The van der Waals surface area contributed by atoms with Gasteiger partial charge < -0.3 is 5.11 Å². The lowest BCUT2D eigenvalue weighted by Gasteiger charge is -2.45. The molecule has 0 spiro atoms. The number of aliphatic hydroxyl groups is 1. The van der Waals surface area contributed by atoms with Crippen LogP contribution in [0.25, 0.3) is 0 Å². The molecule has 0 aromatic carbocycles. The quantitative estimate of drug-likeness (QED) is 0.817. The van der Waals surface area contributed by atoms with Crippen LogP contribution < -0.4 is 0 Å². The molecule has 1 N–H and O–H groups in total. The van der Waals surface area contributed by atoms with Crippen LogP contribution in [0.1, 0.15) is 52.4 Å². The lowest BCUT2D eigenvalue weighted by atomic mass is 9.88. The summed E-state index contributed by atoms with van der Waals surface area (Å²) in [6, 6.07) is 1.06. The fraction of sp³-hybridized carbons (Fsp3) is 1.00. The third-order valence-electron chi connectivity index (χ3n) is 5.11. The van der Waals surface area contributed by atoms with Gasteiger partial charge in [0, 0.05) is 30.7 Å². The maximum Gasteiger partial charge on any atom is 0.0599 e. The highest BCUT2D eigenvalue weighted by atomic mass is 16.3. The summed E-state index contributed by atoms with van der Waals surface area (Å²) in [7, 11) is 2.15. The van der Waals surface area contributed by atoms with Crippen molar-refractivity contribution in [3.05, 3.63) is 0 Å². The molecule has 1 saturated heterocycles. The lowest BCUT2D eigenvalue weighted by Crippen LogP contribution is -2.53. The standard InChI is InChI=1S/C15H30N2O/c1-15(2)9-10-16(3)14(12-18)11-17(15)13-7-5-4-6-8-13/h13-14,18H,4-12H2,1-3H3. The van der Waals surface area contributed by atoms with Crippen molar-refractivity contribution in [2.45, 2.75) is 70.0 Å². The molecule has 106 valence electrons.